The second-order valence-electron chi connectivity index (χ2n) is 6.14. The SMILES string of the molecule is O=S(=O)(NCCO)c1ccc(S(=O)(=O)Nc2ccc(-c3ccccc3)cc2)cc1. The van der Waals surface area contributed by atoms with Gasteiger partial charge in [-0.15, -0.1) is 0 Å². The molecule has 7 nitrogen and oxygen atoms in total. The monoisotopic (exact) mass is 432 g/mol. The minimum Gasteiger partial charge on any atom is -0.395 e. The smallest absolute Gasteiger partial charge is 0.261 e. The zero-order valence-electron chi connectivity index (χ0n) is 15.3. The van der Waals surface area contributed by atoms with Gasteiger partial charge in [-0.05, 0) is 47.5 Å². The van der Waals surface area contributed by atoms with Crippen LogP contribution in [-0.2, 0) is 20.0 Å². The number of hydrogen-bond donors (Lipinski definition) is 3. The summed E-state index contributed by atoms with van der Waals surface area (Å²) in [4.78, 5) is -0.150. The van der Waals surface area contributed by atoms with Gasteiger partial charge in [0.15, 0.2) is 0 Å². The molecule has 0 amide bonds. The van der Waals surface area contributed by atoms with Crippen molar-refractivity contribution in [2.24, 2.45) is 0 Å². The number of sulfonamides is 2. The average molecular weight is 433 g/mol. The largest absolute Gasteiger partial charge is 0.395 e. The van der Waals surface area contributed by atoms with E-state index in [-0.39, 0.29) is 22.9 Å². The van der Waals surface area contributed by atoms with Crippen molar-refractivity contribution in [3.63, 3.8) is 0 Å². The van der Waals surface area contributed by atoms with Gasteiger partial charge in [0.1, 0.15) is 0 Å². The molecule has 0 unspecified atom stereocenters. The van der Waals surface area contributed by atoms with Crippen LogP contribution in [0, 0.1) is 0 Å². The highest BCUT2D eigenvalue weighted by molar-refractivity contribution is 7.92. The van der Waals surface area contributed by atoms with Crippen LogP contribution in [-0.4, -0.2) is 35.1 Å². The Hall–Kier alpha value is -2.72. The first-order valence-corrected chi connectivity index (χ1v) is 11.7. The number of aliphatic hydroxyl groups is 1. The van der Waals surface area contributed by atoms with Gasteiger partial charge >= 0.3 is 0 Å². The molecule has 0 aliphatic rings. The first kappa shape index (κ1) is 21.0. The topological polar surface area (TPSA) is 113 Å². The number of aliphatic hydroxyl groups excluding tert-OH is 1. The Bertz CT molecular complexity index is 1160. The molecule has 29 heavy (non-hydrogen) atoms. The average Bonchev–Trinajstić information content (AvgIpc) is 2.73. The van der Waals surface area contributed by atoms with Crippen LogP contribution in [0.1, 0.15) is 0 Å². The lowest BCUT2D eigenvalue weighted by Crippen LogP contribution is -2.26. The predicted molar refractivity (Wildman–Crippen MR) is 111 cm³/mol. The predicted octanol–water partition coefficient (Wildman–Crippen LogP) is 2.43. The summed E-state index contributed by atoms with van der Waals surface area (Å²) < 4.78 is 53.8. The molecule has 0 saturated carbocycles. The summed E-state index contributed by atoms with van der Waals surface area (Å²) in [6.07, 6.45) is 0. The van der Waals surface area contributed by atoms with Crippen LogP contribution in [0.25, 0.3) is 11.1 Å². The maximum absolute atomic E-state index is 12.6. The highest BCUT2D eigenvalue weighted by Crippen LogP contribution is 2.23. The fraction of sp³-hybridized carbons (Fsp3) is 0.100. The van der Waals surface area contributed by atoms with Crippen LogP contribution >= 0.6 is 0 Å². The number of benzene rings is 3. The van der Waals surface area contributed by atoms with E-state index in [1.54, 1.807) is 12.1 Å². The van der Waals surface area contributed by atoms with Crippen molar-refractivity contribution in [2.75, 3.05) is 17.9 Å². The van der Waals surface area contributed by atoms with Crippen molar-refractivity contribution in [3.8, 4) is 11.1 Å². The summed E-state index contributed by atoms with van der Waals surface area (Å²) in [5, 5.41) is 8.73. The van der Waals surface area contributed by atoms with Crippen LogP contribution in [0.15, 0.2) is 88.7 Å². The first-order chi connectivity index (χ1) is 13.8. The van der Waals surface area contributed by atoms with Crippen LogP contribution < -0.4 is 9.44 Å². The summed E-state index contributed by atoms with van der Waals surface area (Å²) in [5.74, 6) is 0. The molecule has 0 aromatic heterocycles. The molecular formula is C20H20N2O5S2. The Kier molecular flexibility index (Phi) is 6.33. The van der Waals surface area contributed by atoms with Gasteiger partial charge in [-0.3, -0.25) is 4.72 Å². The molecule has 0 saturated heterocycles. The highest BCUT2D eigenvalue weighted by Gasteiger charge is 2.18. The molecule has 3 N–H and O–H groups in total. The third-order valence-corrected chi connectivity index (χ3v) is 6.97. The molecule has 0 heterocycles. The zero-order chi connectivity index (χ0) is 20.9. The lowest BCUT2D eigenvalue weighted by atomic mass is 10.1. The molecule has 0 aliphatic heterocycles. The van der Waals surface area contributed by atoms with E-state index in [0.717, 1.165) is 11.1 Å². The van der Waals surface area contributed by atoms with E-state index in [1.807, 2.05) is 42.5 Å². The van der Waals surface area contributed by atoms with E-state index in [2.05, 4.69) is 9.44 Å². The van der Waals surface area contributed by atoms with E-state index in [4.69, 9.17) is 5.11 Å². The van der Waals surface area contributed by atoms with Crippen molar-refractivity contribution in [1.29, 1.82) is 0 Å². The quantitative estimate of drug-likeness (QED) is 0.506. The number of rotatable bonds is 8. The van der Waals surface area contributed by atoms with Crippen LogP contribution in [0.3, 0.4) is 0 Å². The van der Waals surface area contributed by atoms with Gasteiger partial charge in [-0.1, -0.05) is 42.5 Å². The second-order valence-corrected chi connectivity index (χ2v) is 9.59. The lowest BCUT2D eigenvalue weighted by Gasteiger charge is -2.10. The van der Waals surface area contributed by atoms with Gasteiger partial charge in [0, 0.05) is 12.2 Å². The summed E-state index contributed by atoms with van der Waals surface area (Å²) in [6, 6.07) is 21.5. The summed E-state index contributed by atoms with van der Waals surface area (Å²) in [6.45, 7) is -0.457. The minimum atomic E-state index is -3.88. The van der Waals surface area contributed by atoms with Crippen molar-refractivity contribution in [3.05, 3.63) is 78.9 Å². The third kappa shape index (κ3) is 5.21. The standard InChI is InChI=1S/C20H20N2O5S2/c23-15-14-21-28(24,25)19-10-12-20(13-11-19)29(26,27)22-18-8-6-17(7-9-18)16-4-2-1-3-5-16/h1-13,21-23H,14-15H2. The van der Waals surface area contributed by atoms with Gasteiger partial charge in [0.2, 0.25) is 10.0 Å². The normalized spacial score (nSPS) is 11.9. The van der Waals surface area contributed by atoms with Gasteiger partial charge in [-0.25, -0.2) is 21.6 Å². The lowest BCUT2D eigenvalue weighted by molar-refractivity contribution is 0.301. The third-order valence-electron chi connectivity index (χ3n) is 4.09. The van der Waals surface area contributed by atoms with Crippen molar-refractivity contribution >= 4 is 25.7 Å². The summed E-state index contributed by atoms with van der Waals surface area (Å²) >= 11 is 0. The van der Waals surface area contributed by atoms with Crippen LogP contribution in [0.4, 0.5) is 5.69 Å². The van der Waals surface area contributed by atoms with Crippen LogP contribution in [0.2, 0.25) is 0 Å². The highest BCUT2D eigenvalue weighted by atomic mass is 32.2. The van der Waals surface area contributed by atoms with Gasteiger partial charge in [0.25, 0.3) is 10.0 Å². The van der Waals surface area contributed by atoms with Crippen LogP contribution in [0.5, 0.6) is 0 Å². The van der Waals surface area contributed by atoms with E-state index < -0.39 is 20.0 Å². The van der Waals surface area contributed by atoms with Crippen molar-refractivity contribution in [2.45, 2.75) is 9.79 Å². The second kappa shape index (κ2) is 8.75. The Balaban J connectivity index is 1.76. The molecule has 0 radical (unpaired) electrons. The molecule has 3 aromatic carbocycles. The minimum absolute atomic E-state index is 0.0641. The fourth-order valence-electron chi connectivity index (χ4n) is 2.64. The maximum Gasteiger partial charge on any atom is 0.261 e. The molecule has 0 atom stereocenters. The molecule has 9 heteroatoms. The van der Waals surface area contributed by atoms with E-state index in [9.17, 15) is 16.8 Å². The Morgan fingerprint density at radius 1 is 0.655 bits per heavy atom. The van der Waals surface area contributed by atoms with Gasteiger partial charge < -0.3 is 5.11 Å². The molecular weight excluding hydrogens is 412 g/mol. The van der Waals surface area contributed by atoms with E-state index in [1.165, 1.54) is 24.3 Å². The fourth-order valence-corrected chi connectivity index (χ4v) is 4.72. The maximum atomic E-state index is 12.6. The molecule has 0 spiro atoms. The molecule has 0 bridgehead atoms. The number of hydrogen-bond acceptors (Lipinski definition) is 5. The molecule has 3 rings (SSSR count). The van der Waals surface area contributed by atoms with Crippen molar-refractivity contribution < 1.29 is 21.9 Å². The number of anilines is 1. The molecule has 0 aliphatic carbocycles. The Morgan fingerprint density at radius 3 is 1.72 bits per heavy atom. The summed E-state index contributed by atoms with van der Waals surface area (Å²) in [5.41, 5.74) is 2.37. The van der Waals surface area contributed by atoms with E-state index in [0.29, 0.717) is 5.69 Å². The van der Waals surface area contributed by atoms with Crippen molar-refractivity contribution in [1.82, 2.24) is 4.72 Å². The molecule has 0 fully saturated rings. The Morgan fingerprint density at radius 2 is 1.17 bits per heavy atom. The summed E-state index contributed by atoms with van der Waals surface area (Å²) in [7, 11) is -7.68. The van der Waals surface area contributed by atoms with Gasteiger partial charge in [0.05, 0.1) is 16.4 Å². The zero-order valence-corrected chi connectivity index (χ0v) is 16.9. The molecule has 3 aromatic rings. The van der Waals surface area contributed by atoms with E-state index >= 15 is 0 Å². The first-order valence-electron chi connectivity index (χ1n) is 8.71. The molecule has 152 valence electrons. The Labute approximate surface area is 170 Å². The van der Waals surface area contributed by atoms with Gasteiger partial charge in [-0.2, -0.15) is 0 Å². The number of nitrogens with one attached hydrogen (secondary N) is 2.